The summed E-state index contributed by atoms with van der Waals surface area (Å²) in [5, 5.41) is 1.82. The van der Waals surface area contributed by atoms with Crippen LogP contribution in [0, 0.1) is 29.1 Å². The molecule has 19 heavy (non-hydrogen) atoms. The fraction of sp³-hybridized carbons (Fsp3) is 0.222. The van der Waals surface area contributed by atoms with E-state index in [1.807, 2.05) is 5.32 Å². The third-order valence-electron chi connectivity index (χ3n) is 2.15. The summed E-state index contributed by atoms with van der Waals surface area (Å²) in [6, 6.07) is 0. The van der Waals surface area contributed by atoms with Crippen LogP contribution in [0.2, 0.25) is 0 Å². The van der Waals surface area contributed by atoms with Gasteiger partial charge in [0.15, 0.2) is 23.3 Å². The number of hydrogen-bond acceptors (Lipinski definition) is 3. The summed E-state index contributed by atoms with van der Waals surface area (Å²) >= 11 is 0. The summed E-state index contributed by atoms with van der Waals surface area (Å²) in [4.78, 5) is 20.4. The predicted molar refractivity (Wildman–Crippen MR) is 54.9 cm³/mol. The highest BCUT2D eigenvalue weighted by atomic mass is 28.3. The molecule has 0 aliphatic heterocycles. The topological polar surface area (TPSA) is 58.6 Å². The first-order valence-electron chi connectivity index (χ1n) is 4.81. The Balaban J connectivity index is 3.10. The van der Waals surface area contributed by atoms with Crippen LogP contribution in [0.25, 0.3) is 0 Å². The lowest BCUT2D eigenvalue weighted by Gasteiger charge is -2.10. The lowest BCUT2D eigenvalue weighted by molar-refractivity contribution is 0.0944. The molecule has 0 fully saturated rings. The number of carbonyl (C=O) groups excluding carboxylic acids is 1. The van der Waals surface area contributed by atoms with Crippen molar-refractivity contribution in [1.82, 2.24) is 5.32 Å². The van der Waals surface area contributed by atoms with E-state index in [0.717, 1.165) is 7.11 Å². The van der Waals surface area contributed by atoms with Gasteiger partial charge < -0.3 is 14.5 Å². The number of rotatable bonds is 4. The van der Waals surface area contributed by atoms with E-state index in [1.54, 1.807) is 0 Å². The lowest BCUT2D eigenvalue weighted by atomic mass is 10.1. The molecule has 0 saturated carbocycles. The average Bonchev–Trinajstić information content (AvgIpc) is 2.40. The standard InChI is InChI=1S/C9H8F5NO3Si/c1-18-19(17)2-15-9(16)3-4(10)6(12)8(14)7(13)5(3)11/h17,19H,2H2,1H3,(H,15,16). The minimum atomic E-state index is -2.77. The van der Waals surface area contributed by atoms with E-state index < -0.39 is 56.0 Å². The van der Waals surface area contributed by atoms with Crippen LogP contribution in [-0.4, -0.2) is 33.3 Å². The van der Waals surface area contributed by atoms with Gasteiger partial charge in [0.2, 0.25) is 5.82 Å². The highest BCUT2D eigenvalue weighted by Crippen LogP contribution is 2.22. The van der Waals surface area contributed by atoms with E-state index >= 15 is 0 Å². The van der Waals surface area contributed by atoms with Crippen LogP contribution < -0.4 is 5.32 Å². The number of nitrogens with one attached hydrogen (secondary N) is 1. The van der Waals surface area contributed by atoms with Crippen LogP contribution in [-0.2, 0) is 4.43 Å². The van der Waals surface area contributed by atoms with Crippen molar-refractivity contribution in [3.8, 4) is 0 Å². The SMILES string of the molecule is CO[SiH](O)CNC(=O)c1c(F)c(F)c(F)c(F)c1F. The molecule has 0 aliphatic rings. The minimum Gasteiger partial charge on any atom is -0.412 e. The van der Waals surface area contributed by atoms with Gasteiger partial charge in [-0.25, -0.2) is 22.0 Å². The van der Waals surface area contributed by atoms with Crippen molar-refractivity contribution in [2.24, 2.45) is 0 Å². The van der Waals surface area contributed by atoms with Crippen LogP contribution in [0.15, 0.2) is 0 Å². The second-order valence-electron chi connectivity index (χ2n) is 3.35. The highest BCUT2D eigenvalue weighted by Gasteiger charge is 2.29. The Labute approximate surface area is 105 Å². The van der Waals surface area contributed by atoms with Crippen molar-refractivity contribution in [1.29, 1.82) is 0 Å². The van der Waals surface area contributed by atoms with E-state index in [-0.39, 0.29) is 0 Å². The molecule has 10 heteroatoms. The zero-order valence-corrected chi connectivity index (χ0v) is 10.6. The molecule has 0 aromatic heterocycles. The highest BCUT2D eigenvalue weighted by molar-refractivity contribution is 6.43. The molecule has 1 unspecified atom stereocenters. The molecule has 1 aromatic carbocycles. The van der Waals surface area contributed by atoms with Gasteiger partial charge in [-0.05, 0) is 0 Å². The fourth-order valence-corrected chi connectivity index (χ4v) is 1.68. The molecular weight excluding hydrogens is 293 g/mol. The summed E-state index contributed by atoms with van der Waals surface area (Å²) in [7, 11) is -1.62. The molecule has 1 rings (SSSR count). The molecule has 0 radical (unpaired) electrons. The van der Waals surface area contributed by atoms with Gasteiger partial charge in [0, 0.05) is 7.11 Å². The molecule has 2 N–H and O–H groups in total. The average molecular weight is 301 g/mol. The molecule has 0 heterocycles. The second kappa shape index (κ2) is 6.08. The summed E-state index contributed by atoms with van der Waals surface area (Å²) in [6.07, 6.45) is -0.450. The monoisotopic (exact) mass is 301 g/mol. The molecule has 106 valence electrons. The van der Waals surface area contributed by atoms with Gasteiger partial charge in [0.05, 0.1) is 6.17 Å². The minimum absolute atomic E-state index is 0.450. The summed E-state index contributed by atoms with van der Waals surface area (Å²) in [6.45, 7) is 0. The first-order valence-corrected chi connectivity index (χ1v) is 6.62. The normalized spacial score (nSPS) is 12.4. The van der Waals surface area contributed by atoms with Crippen molar-refractivity contribution in [2.75, 3.05) is 13.3 Å². The van der Waals surface area contributed by atoms with E-state index in [1.165, 1.54) is 0 Å². The fourth-order valence-electron chi connectivity index (χ4n) is 1.16. The Morgan fingerprint density at radius 3 is 1.95 bits per heavy atom. The van der Waals surface area contributed by atoms with Crippen LogP contribution in [0.5, 0.6) is 0 Å². The molecule has 0 aliphatic carbocycles. The van der Waals surface area contributed by atoms with Gasteiger partial charge in [-0.15, -0.1) is 0 Å². The zero-order chi connectivity index (χ0) is 14.7. The first kappa shape index (κ1) is 15.5. The number of amides is 1. The van der Waals surface area contributed by atoms with Crippen molar-refractivity contribution in [3.63, 3.8) is 0 Å². The molecule has 1 atom stereocenters. The Kier molecular flexibility index (Phi) is 4.97. The number of halogens is 5. The maximum Gasteiger partial charge on any atom is 0.338 e. The molecule has 0 spiro atoms. The maximum atomic E-state index is 13.2. The van der Waals surface area contributed by atoms with Gasteiger partial charge in [-0.3, -0.25) is 4.79 Å². The van der Waals surface area contributed by atoms with E-state index in [2.05, 4.69) is 4.43 Å². The summed E-state index contributed by atoms with van der Waals surface area (Å²) < 4.78 is 69.2. The van der Waals surface area contributed by atoms with Crippen molar-refractivity contribution in [2.45, 2.75) is 0 Å². The first-order chi connectivity index (χ1) is 8.81. The van der Waals surface area contributed by atoms with Gasteiger partial charge in [-0.2, -0.15) is 0 Å². The molecule has 4 nitrogen and oxygen atoms in total. The number of benzene rings is 1. The molecule has 1 aromatic rings. The predicted octanol–water partition coefficient (Wildman–Crippen LogP) is 0.510. The third kappa shape index (κ3) is 3.08. The molecular formula is C9H8F5NO3Si. The van der Waals surface area contributed by atoms with E-state index in [4.69, 9.17) is 4.80 Å². The molecule has 1 amide bonds. The second-order valence-corrected chi connectivity index (χ2v) is 5.13. The number of carbonyl (C=O) groups is 1. The van der Waals surface area contributed by atoms with Crippen molar-refractivity contribution < 1.29 is 36.0 Å². The van der Waals surface area contributed by atoms with Gasteiger partial charge in [-0.1, -0.05) is 0 Å². The third-order valence-corrected chi connectivity index (χ3v) is 3.24. The van der Waals surface area contributed by atoms with Crippen LogP contribution in [0.1, 0.15) is 10.4 Å². The van der Waals surface area contributed by atoms with E-state index in [9.17, 15) is 26.7 Å². The van der Waals surface area contributed by atoms with Crippen LogP contribution in [0.3, 0.4) is 0 Å². The van der Waals surface area contributed by atoms with Gasteiger partial charge in [0.25, 0.3) is 5.91 Å². The van der Waals surface area contributed by atoms with Gasteiger partial charge in [0.1, 0.15) is 5.56 Å². The van der Waals surface area contributed by atoms with Crippen LogP contribution >= 0.6 is 0 Å². The van der Waals surface area contributed by atoms with Crippen molar-refractivity contribution in [3.05, 3.63) is 34.6 Å². The van der Waals surface area contributed by atoms with Crippen LogP contribution in [0.4, 0.5) is 22.0 Å². The Morgan fingerprint density at radius 2 is 1.53 bits per heavy atom. The Bertz CT molecular complexity index is 484. The lowest BCUT2D eigenvalue weighted by Crippen LogP contribution is -2.37. The number of hydrogen-bond donors (Lipinski definition) is 2. The molecule has 0 saturated heterocycles. The Hall–Kier alpha value is -1.52. The quantitative estimate of drug-likeness (QED) is 0.369. The molecule has 0 bridgehead atoms. The van der Waals surface area contributed by atoms with E-state index in [0.29, 0.717) is 0 Å². The zero-order valence-electron chi connectivity index (χ0n) is 9.44. The van der Waals surface area contributed by atoms with Crippen molar-refractivity contribution >= 4 is 15.2 Å². The largest absolute Gasteiger partial charge is 0.412 e. The van der Waals surface area contributed by atoms with Gasteiger partial charge >= 0.3 is 9.28 Å². The smallest absolute Gasteiger partial charge is 0.338 e. The Morgan fingerprint density at radius 1 is 1.11 bits per heavy atom. The summed E-state index contributed by atoms with van der Waals surface area (Å²) in [5.41, 5.74) is -1.60. The summed E-state index contributed by atoms with van der Waals surface area (Å²) in [5.74, 6) is -12.8. The maximum absolute atomic E-state index is 13.2.